The van der Waals surface area contributed by atoms with Crippen LogP contribution in [0.3, 0.4) is 0 Å². The normalized spacial score (nSPS) is 34.6. The summed E-state index contributed by atoms with van der Waals surface area (Å²) in [4.78, 5) is 14.7. The maximum atomic E-state index is 12.5. The minimum absolute atomic E-state index is 0.129. The van der Waals surface area contributed by atoms with E-state index in [2.05, 4.69) is 17.1 Å². The zero-order valence-corrected chi connectivity index (χ0v) is 11.1. The molecule has 0 saturated carbocycles. The Kier molecular flexibility index (Phi) is 3.80. The van der Waals surface area contributed by atoms with Crippen LogP contribution in [0.15, 0.2) is 0 Å². The van der Waals surface area contributed by atoms with E-state index >= 15 is 0 Å². The predicted octanol–water partition coefficient (Wildman–Crippen LogP) is 1.48. The van der Waals surface area contributed by atoms with E-state index in [0.29, 0.717) is 11.9 Å². The fourth-order valence-corrected chi connectivity index (χ4v) is 4.07. The monoisotopic (exact) mass is 242 g/mol. The number of likely N-dealkylation sites (N-methyl/N-ethyl adjacent to an activating group) is 1. The molecule has 2 saturated heterocycles. The molecule has 16 heavy (non-hydrogen) atoms. The molecule has 0 bridgehead atoms. The largest absolute Gasteiger partial charge is 0.337 e. The second kappa shape index (κ2) is 4.96. The SMILES string of the molecule is CNCC1CCCN1C(=O)C1(C)CCCS1. The van der Waals surface area contributed by atoms with Crippen LogP contribution in [-0.2, 0) is 4.79 Å². The van der Waals surface area contributed by atoms with Crippen molar-refractivity contribution in [1.82, 2.24) is 10.2 Å². The smallest absolute Gasteiger partial charge is 0.238 e. The molecule has 2 heterocycles. The van der Waals surface area contributed by atoms with Crippen LogP contribution in [0.2, 0.25) is 0 Å². The summed E-state index contributed by atoms with van der Waals surface area (Å²) < 4.78 is -0.129. The lowest BCUT2D eigenvalue weighted by Gasteiger charge is -2.32. The molecule has 2 unspecified atom stereocenters. The summed E-state index contributed by atoms with van der Waals surface area (Å²) in [5, 5.41) is 3.20. The van der Waals surface area contributed by atoms with Gasteiger partial charge in [0, 0.05) is 19.1 Å². The van der Waals surface area contributed by atoms with Crippen LogP contribution in [0, 0.1) is 0 Å². The van der Waals surface area contributed by atoms with Crippen molar-refractivity contribution in [2.24, 2.45) is 0 Å². The highest BCUT2D eigenvalue weighted by Crippen LogP contribution is 2.40. The number of hydrogen-bond donors (Lipinski definition) is 1. The van der Waals surface area contributed by atoms with E-state index in [-0.39, 0.29) is 4.75 Å². The summed E-state index contributed by atoms with van der Waals surface area (Å²) in [5.74, 6) is 1.53. The Morgan fingerprint density at radius 1 is 1.56 bits per heavy atom. The number of rotatable bonds is 3. The lowest BCUT2D eigenvalue weighted by Crippen LogP contribution is -2.48. The van der Waals surface area contributed by atoms with Gasteiger partial charge < -0.3 is 10.2 Å². The molecule has 2 aliphatic rings. The molecular weight excluding hydrogens is 220 g/mol. The van der Waals surface area contributed by atoms with Gasteiger partial charge in [0.15, 0.2) is 0 Å². The Labute approximate surface area is 102 Å². The van der Waals surface area contributed by atoms with Gasteiger partial charge in [0.2, 0.25) is 5.91 Å². The van der Waals surface area contributed by atoms with E-state index in [1.807, 2.05) is 18.8 Å². The van der Waals surface area contributed by atoms with E-state index in [1.54, 1.807) is 0 Å². The molecule has 0 spiro atoms. The van der Waals surface area contributed by atoms with Crippen molar-refractivity contribution in [1.29, 1.82) is 0 Å². The summed E-state index contributed by atoms with van der Waals surface area (Å²) in [6.45, 7) is 4.02. The molecule has 0 aromatic heterocycles. The Bertz CT molecular complexity index is 264. The van der Waals surface area contributed by atoms with Crippen molar-refractivity contribution in [3.8, 4) is 0 Å². The average Bonchev–Trinajstić information content (AvgIpc) is 2.88. The van der Waals surface area contributed by atoms with Crippen molar-refractivity contribution in [2.75, 3.05) is 25.9 Å². The van der Waals surface area contributed by atoms with Crippen molar-refractivity contribution < 1.29 is 4.79 Å². The minimum atomic E-state index is -0.129. The highest BCUT2D eigenvalue weighted by Gasteiger charge is 2.42. The van der Waals surface area contributed by atoms with Gasteiger partial charge in [-0.1, -0.05) is 0 Å². The number of nitrogens with zero attached hydrogens (tertiary/aromatic N) is 1. The lowest BCUT2D eigenvalue weighted by atomic mass is 10.0. The van der Waals surface area contributed by atoms with Crippen molar-refractivity contribution in [2.45, 2.75) is 43.4 Å². The molecule has 0 aromatic carbocycles. The highest BCUT2D eigenvalue weighted by atomic mass is 32.2. The number of nitrogens with one attached hydrogen (secondary N) is 1. The molecule has 1 N–H and O–H groups in total. The Morgan fingerprint density at radius 2 is 2.38 bits per heavy atom. The zero-order chi connectivity index (χ0) is 11.6. The topological polar surface area (TPSA) is 32.3 Å². The quantitative estimate of drug-likeness (QED) is 0.813. The molecule has 1 amide bonds. The summed E-state index contributed by atoms with van der Waals surface area (Å²) in [6, 6.07) is 0.426. The number of likely N-dealkylation sites (tertiary alicyclic amines) is 1. The molecule has 2 fully saturated rings. The third-order valence-electron chi connectivity index (χ3n) is 3.75. The standard InChI is InChI=1S/C12H22N2OS/c1-12(6-4-8-16-12)11(15)14-7-3-5-10(14)9-13-2/h10,13H,3-9H2,1-2H3. The van der Waals surface area contributed by atoms with E-state index < -0.39 is 0 Å². The first-order valence-electron chi connectivity index (χ1n) is 6.27. The molecule has 2 aliphatic heterocycles. The van der Waals surface area contributed by atoms with Crippen LogP contribution >= 0.6 is 11.8 Å². The number of hydrogen-bond acceptors (Lipinski definition) is 3. The molecule has 0 radical (unpaired) electrons. The van der Waals surface area contributed by atoms with Crippen LogP contribution < -0.4 is 5.32 Å². The van der Waals surface area contributed by atoms with Crippen LogP contribution in [-0.4, -0.2) is 47.5 Å². The third-order valence-corrected chi connectivity index (χ3v) is 5.26. The van der Waals surface area contributed by atoms with Gasteiger partial charge in [-0.25, -0.2) is 0 Å². The Morgan fingerprint density at radius 3 is 3.00 bits per heavy atom. The molecule has 92 valence electrons. The fraction of sp³-hybridized carbons (Fsp3) is 0.917. The number of carbonyl (C=O) groups excluding carboxylic acids is 1. The van der Waals surface area contributed by atoms with Gasteiger partial charge in [-0.3, -0.25) is 4.79 Å². The first-order chi connectivity index (χ1) is 7.67. The van der Waals surface area contributed by atoms with Gasteiger partial charge in [-0.2, -0.15) is 0 Å². The first-order valence-corrected chi connectivity index (χ1v) is 7.25. The van der Waals surface area contributed by atoms with Crippen molar-refractivity contribution in [3.05, 3.63) is 0 Å². The summed E-state index contributed by atoms with van der Waals surface area (Å²) >= 11 is 1.85. The van der Waals surface area contributed by atoms with Crippen LogP contribution in [0.4, 0.5) is 0 Å². The molecule has 2 atom stereocenters. The minimum Gasteiger partial charge on any atom is -0.337 e. The second-order valence-electron chi connectivity index (χ2n) is 5.04. The van der Waals surface area contributed by atoms with Crippen LogP contribution in [0.5, 0.6) is 0 Å². The van der Waals surface area contributed by atoms with Crippen molar-refractivity contribution >= 4 is 17.7 Å². The van der Waals surface area contributed by atoms with Gasteiger partial charge in [0.25, 0.3) is 0 Å². The van der Waals surface area contributed by atoms with E-state index in [1.165, 1.54) is 12.8 Å². The van der Waals surface area contributed by atoms with E-state index in [4.69, 9.17) is 0 Å². The molecule has 0 aromatic rings. The molecule has 0 aliphatic carbocycles. The van der Waals surface area contributed by atoms with Crippen LogP contribution in [0.1, 0.15) is 32.6 Å². The maximum absolute atomic E-state index is 12.5. The summed E-state index contributed by atoms with van der Waals surface area (Å²) in [7, 11) is 1.97. The molecule has 3 nitrogen and oxygen atoms in total. The highest BCUT2D eigenvalue weighted by molar-refractivity contribution is 8.01. The predicted molar refractivity (Wildman–Crippen MR) is 68.8 cm³/mol. The van der Waals surface area contributed by atoms with Gasteiger partial charge in [0.1, 0.15) is 0 Å². The fourth-order valence-electron chi connectivity index (χ4n) is 2.80. The second-order valence-corrected chi connectivity index (χ2v) is 6.63. The Hall–Kier alpha value is -0.220. The van der Waals surface area contributed by atoms with Crippen LogP contribution in [0.25, 0.3) is 0 Å². The first kappa shape index (κ1) is 12.2. The Balaban J connectivity index is 2.02. The van der Waals surface area contributed by atoms with Gasteiger partial charge >= 0.3 is 0 Å². The molecule has 4 heteroatoms. The molecular formula is C12H22N2OS. The summed E-state index contributed by atoms with van der Waals surface area (Å²) in [5.41, 5.74) is 0. The maximum Gasteiger partial charge on any atom is 0.238 e. The summed E-state index contributed by atoms with van der Waals surface area (Å²) in [6.07, 6.45) is 4.57. The van der Waals surface area contributed by atoms with E-state index in [9.17, 15) is 4.79 Å². The van der Waals surface area contributed by atoms with Crippen molar-refractivity contribution in [3.63, 3.8) is 0 Å². The zero-order valence-electron chi connectivity index (χ0n) is 10.3. The number of carbonyl (C=O) groups is 1. The van der Waals surface area contributed by atoms with Gasteiger partial charge in [0.05, 0.1) is 4.75 Å². The van der Waals surface area contributed by atoms with Gasteiger partial charge in [-0.05, 0) is 45.4 Å². The number of amides is 1. The molecule has 2 rings (SSSR count). The lowest BCUT2D eigenvalue weighted by molar-refractivity contribution is -0.134. The van der Waals surface area contributed by atoms with Gasteiger partial charge in [-0.15, -0.1) is 11.8 Å². The number of thioether (sulfide) groups is 1. The average molecular weight is 242 g/mol. The third kappa shape index (κ3) is 2.23. The van der Waals surface area contributed by atoms with E-state index in [0.717, 1.165) is 31.7 Å².